The molecule has 0 aliphatic rings. The highest BCUT2D eigenvalue weighted by atomic mass is 35.5. The van der Waals surface area contributed by atoms with Crippen LogP contribution < -0.4 is 10.6 Å². The normalized spacial score (nSPS) is 11.5. The number of fused-ring (bicyclic) bond motifs is 1. The number of rotatable bonds is 5. The zero-order valence-electron chi connectivity index (χ0n) is 14.2. The number of benzene rings is 2. The summed E-state index contributed by atoms with van der Waals surface area (Å²) in [6, 6.07) is 18.0. The summed E-state index contributed by atoms with van der Waals surface area (Å²) >= 11 is 5.92. The molecular weight excluding hydrogens is 332 g/mol. The minimum absolute atomic E-state index is 0.593. The van der Waals surface area contributed by atoms with Crippen LogP contribution in [0.15, 0.2) is 65.8 Å². The predicted octanol–water partition coefficient (Wildman–Crippen LogP) is 4.14. The van der Waals surface area contributed by atoms with Crippen LogP contribution in [0.1, 0.15) is 18.2 Å². The second-order valence-electron chi connectivity index (χ2n) is 5.65. The Balaban J connectivity index is 1.70. The van der Waals surface area contributed by atoms with Gasteiger partial charge in [0, 0.05) is 23.2 Å². The predicted molar refractivity (Wildman–Crippen MR) is 105 cm³/mol. The summed E-state index contributed by atoms with van der Waals surface area (Å²) < 4.78 is 0. The number of halogens is 1. The van der Waals surface area contributed by atoms with E-state index in [1.54, 1.807) is 0 Å². The lowest BCUT2D eigenvalue weighted by atomic mass is 10.1. The third kappa shape index (κ3) is 4.70. The van der Waals surface area contributed by atoms with Crippen LogP contribution in [0.2, 0.25) is 5.02 Å². The Kier molecular flexibility index (Phi) is 5.86. The molecule has 0 radical (unpaired) electrons. The minimum atomic E-state index is 0.593. The molecule has 1 heterocycles. The van der Waals surface area contributed by atoms with Gasteiger partial charge in [-0.05, 0) is 36.1 Å². The van der Waals surface area contributed by atoms with Gasteiger partial charge in [0.25, 0.3) is 0 Å². The molecule has 4 nitrogen and oxygen atoms in total. The smallest absolute Gasteiger partial charge is 0.191 e. The number of guanidine groups is 1. The van der Waals surface area contributed by atoms with Crippen LogP contribution >= 0.6 is 11.6 Å². The summed E-state index contributed by atoms with van der Waals surface area (Å²) in [6.45, 7) is 4.06. The quantitative estimate of drug-likeness (QED) is 0.536. The van der Waals surface area contributed by atoms with Crippen molar-refractivity contribution in [3.8, 4) is 0 Å². The number of hydrogen-bond acceptors (Lipinski definition) is 2. The van der Waals surface area contributed by atoms with E-state index in [0.29, 0.717) is 13.1 Å². The van der Waals surface area contributed by atoms with Gasteiger partial charge in [-0.1, -0.05) is 48.0 Å². The van der Waals surface area contributed by atoms with Crippen LogP contribution in [0.5, 0.6) is 0 Å². The highest BCUT2D eigenvalue weighted by molar-refractivity contribution is 6.30. The molecule has 1 aromatic heterocycles. The van der Waals surface area contributed by atoms with Crippen LogP contribution in [0, 0.1) is 0 Å². The molecule has 128 valence electrons. The second kappa shape index (κ2) is 8.49. The molecular formula is C20H21ClN4. The maximum atomic E-state index is 5.92. The molecule has 0 amide bonds. The molecule has 25 heavy (non-hydrogen) atoms. The molecule has 0 fully saturated rings. The van der Waals surface area contributed by atoms with Crippen molar-refractivity contribution in [3.63, 3.8) is 0 Å². The van der Waals surface area contributed by atoms with Crippen molar-refractivity contribution in [3.05, 3.63) is 77.1 Å². The molecule has 2 aromatic carbocycles. The molecule has 0 saturated carbocycles. The van der Waals surface area contributed by atoms with Crippen molar-refractivity contribution < 1.29 is 0 Å². The van der Waals surface area contributed by atoms with E-state index in [9.17, 15) is 0 Å². The molecule has 5 heteroatoms. The van der Waals surface area contributed by atoms with Crippen molar-refractivity contribution in [1.82, 2.24) is 15.6 Å². The third-order valence-corrected chi connectivity index (χ3v) is 4.11. The van der Waals surface area contributed by atoms with Gasteiger partial charge in [-0.15, -0.1) is 0 Å². The van der Waals surface area contributed by atoms with Gasteiger partial charge in [-0.25, -0.2) is 4.99 Å². The molecule has 0 aliphatic carbocycles. The summed E-state index contributed by atoms with van der Waals surface area (Å²) in [5, 5.41) is 9.71. The first kappa shape index (κ1) is 17.2. The summed E-state index contributed by atoms with van der Waals surface area (Å²) in [5.74, 6) is 0.771. The number of aromatic nitrogens is 1. The number of aliphatic imine (C=N–C) groups is 1. The molecule has 3 rings (SSSR count). The standard InChI is InChI=1S/C20H21ClN4/c1-2-22-20(24-13-15-7-9-17(21)10-8-15)25-14-19-18-6-4-3-5-16(18)11-12-23-19/h3-12H,2,13-14H2,1H3,(H2,22,24,25). The lowest BCUT2D eigenvalue weighted by Gasteiger charge is -2.12. The molecule has 0 atom stereocenters. The van der Waals surface area contributed by atoms with Crippen molar-refractivity contribution in [2.45, 2.75) is 20.0 Å². The molecule has 0 spiro atoms. The maximum absolute atomic E-state index is 5.92. The fourth-order valence-corrected chi connectivity index (χ4v) is 2.72. The molecule has 3 aromatic rings. The van der Waals surface area contributed by atoms with E-state index in [0.717, 1.165) is 34.2 Å². The van der Waals surface area contributed by atoms with Crippen molar-refractivity contribution in [1.29, 1.82) is 0 Å². The van der Waals surface area contributed by atoms with Crippen LogP contribution in [0.4, 0.5) is 0 Å². The molecule has 0 bridgehead atoms. The second-order valence-corrected chi connectivity index (χ2v) is 6.09. The monoisotopic (exact) mass is 352 g/mol. The highest BCUT2D eigenvalue weighted by Gasteiger charge is 2.04. The first-order valence-electron chi connectivity index (χ1n) is 8.35. The number of nitrogens with zero attached hydrogens (tertiary/aromatic N) is 2. The van der Waals surface area contributed by atoms with E-state index in [1.165, 1.54) is 5.39 Å². The van der Waals surface area contributed by atoms with Crippen LogP contribution in [0.3, 0.4) is 0 Å². The minimum Gasteiger partial charge on any atom is -0.357 e. The average molecular weight is 353 g/mol. The van der Waals surface area contributed by atoms with Gasteiger partial charge in [0.1, 0.15) is 0 Å². The van der Waals surface area contributed by atoms with Crippen LogP contribution in [0.25, 0.3) is 10.8 Å². The Morgan fingerprint density at radius 3 is 2.64 bits per heavy atom. The number of nitrogens with one attached hydrogen (secondary N) is 2. The fraction of sp³-hybridized carbons (Fsp3) is 0.200. The van der Waals surface area contributed by atoms with Gasteiger partial charge in [-0.2, -0.15) is 0 Å². The van der Waals surface area contributed by atoms with Gasteiger partial charge < -0.3 is 10.6 Å². The van der Waals surface area contributed by atoms with Gasteiger partial charge in [0.05, 0.1) is 18.8 Å². The average Bonchev–Trinajstić information content (AvgIpc) is 2.65. The Hall–Kier alpha value is -2.59. The van der Waals surface area contributed by atoms with E-state index in [4.69, 9.17) is 11.6 Å². The van der Waals surface area contributed by atoms with Gasteiger partial charge in [-0.3, -0.25) is 4.98 Å². The number of pyridine rings is 1. The largest absolute Gasteiger partial charge is 0.357 e. The third-order valence-electron chi connectivity index (χ3n) is 3.86. The van der Waals surface area contributed by atoms with E-state index < -0.39 is 0 Å². The molecule has 0 saturated heterocycles. The van der Waals surface area contributed by atoms with E-state index in [2.05, 4.69) is 39.7 Å². The molecule has 0 aliphatic heterocycles. The van der Waals surface area contributed by atoms with Crippen LogP contribution in [-0.4, -0.2) is 17.5 Å². The lowest BCUT2D eigenvalue weighted by molar-refractivity contribution is 0.804. The SMILES string of the molecule is CCNC(=NCc1ccc(Cl)cc1)NCc1nccc2ccccc12. The molecule has 0 unspecified atom stereocenters. The van der Waals surface area contributed by atoms with Gasteiger partial charge in [0.2, 0.25) is 0 Å². The summed E-state index contributed by atoms with van der Waals surface area (Å²) in [4.78, 5) is 9.14. The first-order chi connectivity index (χ1) is 12.3. The topological polar surface area (TPSA) is 49.3 Å². The lowest BCUT2D eigenvalue weighted by Crippen LogP contribution is -2.37. The Morgan fingerprint density at radius 1 is 1.04 bits per heavy atom. The summed E-state index contributed by atoms with van der Waals surface area (Å²) in [6.07, 6.45) is 1.84. The van der Waals surface area contributed by atoms with E-state index in [-0.39, 0.29) is 0 Å². The Bertz CT molecular complexity index is 854. The zero-order valence-corrected chi connectivity index (χ0v) is 14.9. The molecule has 2 N–H and O–H groups in total. The Morgan fingerprint density at radius 2 is 1.84 bits per heavy atom. The van der Waals surface area contributed by atoms with Gasteiger partial charge >= 0.3 is 0 Å². The number of hydrogen-bond donors (Lipinski definition) is 2. The highest BCUT2D eigenvalue weighted by Crippen LogP contribution is 2.16. The summed E-state index contributed by atoms with van der Waals surface area (Å²) in [5.41, 5.74) is 2.13. The Labute approximate surface area is 153 Å². The van der Waals surface area contributed by atoms with Crippen LogP contribution in [-0.2, 0) is 13.1 Å². The first-order valence-corrected chi connectivity index (χ1v) is 8.73. The summed E-state index contributed by atoms with van der Waals surface area (Å²) in [7, 11) is 0. The fourth-order valence-electron chi connectivity index (χ4n) is 2.59. The van der Waals surface area contributed by atoms with Gasteiger partial charge in [0.15, 0.2) is 5.96 Å². The van der Waals surface area contributed by atoms with Crippen molar-refractivity contribution >= 4 is 28.3 Å². The van der Waals surface area contributed by atoms with Crippen molar-refractivity contribution in [2.75, 3.05) is 6.54 Å². The van der Waals surface area contributed by atoms with Crippen molar-refractivity contribution in [2.24, 2.45) is 4.99 Å². The maximum Gasteiger partial charge on any atom is 0.191 e. The zero-order chi connectivity index (χ0) is 17.5. The van der Waals surface area contributed by atoms with E-state index in [1.807, 2.05) is 48.7 Å². The van der Waals surface area contributed by atoms with E-state index >= 15 is 0 Å².